The lowest BCUT2D eigenvalue weighted by Gasteiger charge is -2.03. The van der Waals surface area contributed by atoms with Crippen LogP contribution in [0.25, 0.3) is 0 Å². The summed E-state index contributed by atoms with van der Waals surface area (Å²) in [5, 5.41) is 8.43. The standard InChI is InChI=1S/C16H27NO2/c1-3-4-5-6-7-8-9-10-11-12-13-19-16(18)15(2)14-17/h2-13H2,1H3. The number of unbranched alkanes of at least 4 members (excludes halogenated alkanes) is 9. The van der Waals surface area contributed by atoms with Crippen LogP contribution in [0.5, 0.6) is 0 Å². The van der Waals surface area contributed by atoms with Crippen molar-refractivity contribution in [2.24, 2.45) is 0 Å². The minimum atomic E-state index is -0.585. The summed E-state index contributed by atoms with van der Waals surface area (Å²) in [6, 6.07) is 1.69. The van der Waals surface area contributed by atoms with Crippen LogP contribution in [0.15, 0.2) is 12.2 Å². The Morgan fingerprint density at radius 3 is 1.95 bits per heavy atom. The number of hydrogen-bond donors (Lipinski definition) is 0. The molecule has 0 aromatic rings. The van der Waals surface area contributed by atoms with Crippen molar-refractivity contribution in [1.29, 1.82) is 5.26 Å². The highest BCUT2D eigenvalue weighted by molar-refractivity contribution is 5.91. The number of carbonyl (C=O) groups is 1. The molecule has 0 spiro atoms. The molecule has 0 aliphatic carbocycles. The molecule has 0 heterocycles. The van der Waals surface area contributed by atoms with E-state index in [1.54, 1.807) is 6.07 Å². The van der Waals surface area contributed by atoms with Gasteiger partial charge in [-0.1, -0.05) is 71.3 Å². The van der Waals surface area contributed by atoms with E-state index in [4.69, 9.17) is 10.00 Å². The molecule has 0 saturated carbocycles. The Bertz CT molecular complexity index is 292. The molecule has 0 aromatic heterocycles. The molecule has 3 heteroatoms. The van der Waals surface area contributed by atoms with E-state index >= 15 is 0 Å². The molecule has 0 aliphatic heterocycles. The molecule has 0 aliphatic rings. The second-order valence-corrected chi connectivity index (χ2v) is 4.91. The van der Waals surface area contributed by atoms with Gasteiger partial charge in [0.1, 0.15) is 11.6 Å². The molecule has 0 radical (unpaired) electrons. The number of hydrogen-bond acceptors (Lipinski definition) is 3. The lowest BCUT2D eigenvalue weighted by molar-refractivity contribution is -0.138. The van der Waals surface area contributed by atoms with Crippen molar-refractivity contribution in [3.8, 4) is 6.07 Å². The van der Waals surface area contributed by atoms with E-state index in [1.165, 1.54) is 51.4 Å². The van der Waals surface area contributed by atoms with Crippen LogP contribution in [0.1, 0.15) is 71.1 Å². The molecular formula is C16H27NO2. The van der Waals surface area contributed by atoms with Crippen LogP contribution in [0.3, 0.4) is 0 Å². The minimum absolute atomic E-state index is 0.118. The van der Waals surface area contributed by atoms with Crippen LogP contribution < -0.4 is 0 Å². The summed E-state index contributed by atoms with van der Waals surface area (Å²) in [6.45, 7) is 5.94. The zero-order valence-electron chi connectivity index (χ0n) is 12.2. The van der Waals surface area contributed by atoms with Crippen LogP contribution in [-0.2, 0) is 9.53 Å². The molecule has 108 valence electrons. The highest BCUT2D eigenvalue weighted by Crippen LogP contribution is 2.10. The number of carbonyl (C=O) groups excluding carboxylic acids is 1. The Kier molecular flexibility index (Phi) is 12.2. The van der Waals surface area contributed by atoms with Crippen LogP contribution in [0, 0.1) is 11.3 Å². The first-order valence-corrected chi connectivity index (χ1v) is 7.48. The normalized spacial score (nSPS) is 9.89. The molecule has 0 fully saturated rings. The number of nitrogens with zero attached hydrogens (tertiary/aromatic N) is 1. The Hall–Kier alpha value is -1.30. The van der Waals surface area contributed by atoms with Gasteiger partial charge in [0.2, 0.25) is 0 Å². The first-order chi connectivity index (χ1) is 9.22. The quantitative estimate of drug-likeness (QED) is 0.225. The number of esters is 1. The maximum absolute atomic E-state index is 11.1. The lowest BCUT2D eigenvalue weighted by atomic mass is 10.1. The van der Waals surface area contributed by atoms with E-state index in [0.717, 1.165) is 12.8 Å². The van der Waals surface area contributed by atoms with Crippen molar-refractivity contribution >= 4 is 5.97 Å². The lowest BCUT2D eigenvalue weighted by Crippen LogP contribution is -2.06. The fourth-order valence-corrected chi connectivity index (χ4v) is 1.89. The number of rotatable bonds is 12. The summed E-state index contributed by atoms with van der Waals surface area (Å²) in [7, 11) is 0. The fraction of sp³-hybridized carbons (Fsp3) is 0.750. The van der Waals surface area contributed by atoms with Crippen molar-refractivity contribution in [2.45, 2.75) is 71.1 Å². The summed E-state index contributed by atoms with van der Waals surface area (Å²) in [5.41, 5.74) is -0.118. The zero-order chi connectivity index (χ0) is 14.3. The van der Waals surface area contributed by atoms with E-state index in [-0.39, 0.29) is 5.57 Å². The Morgan fingerprint density at radius 1 is 1.00 bits per heavy atom. The first-order valence-electron chi connectivity index (χ1n) is 7.48. The largest absolute Gasteiger partial charge is 0.462 e. The van der Waals surface area contributed by atoms with Gasteiger partial charge in [-0.3, -0.25) is 0 Å². The summed E-state index contributed by atoms with van der Waals surface area (Å²) in [6.07, 6.45) is 12.5. The Labute approximate surface area is 117 Å². The highest BCUT2D eigenvalue weighted by atomic mass is 16.5. The van der Waals surface area contributed by atoms with Gasteiger partial charge in [-0.2, -0.15) is 5.26 Å². The molecule has 0 N–H and O–H groups in total. The van der Waals surface area contributed by atoms with E-state index in [9.17, 15) is 4.79 Å². The Balaban J connectivity index is 3.17. The zero-order valence-corrected chi connectivity index (χ0v) is 12.2. The third-order valence-corrected chi connectivity index (χ3v) is 3.11. The smallest absolute Gasteiger partial charge is 0.348 e. The maximum Gasteiger partial charge on any atom is 0.348 e. The van der Waals surface area contributed by atoms with Gasteiger partial charge in [0.25, 0.3) is 0 Å². The van der Waals surface area contributed by atoms with E-state index in [1.807, 2.05) is 0 Å². The van der Waals surface area contributed by atoms with E-state index in [0.29, 0.717) is 6.61 Å². The molecule has 0 amide bonds. The van der Waals surface area contributed by atoms with Gasteiger partial charge < -0.3 is 4.74 Å². The van der Waals surface area contributed by atoms with E-state index < -0.39 is 5.97 Å². The monoisotopic (exact) mass is 265 g/mol. The van der Waals surface area contributed by atoms with Crippen molar-refractivity contribution < 1.29 is 9.53 Å². The van der Waals surface area contributed by atoms with Gasteiger partial charge in [-0.15, -0.1) is 0 Å². The van der Waals surface area contributed by atoms with Gasteiger partial charge in [-0.25, -0.2) is 4.79 Å². The van der Waals surface area contributed by atoms with Gasteiger partial charge >= 0.3 is 5.97 Å². The molecule has 19 heavy (non-hydrogen) atoms. The summed E-state index contributed by atoms with van der Waals surface area (Å²) in [4.78, 5) is 11.1. The predicted molar refractivity (Wildman–Crippen MR) is 77.6 cm³/mol. The summed E-state index contributed by atoms with van der Waals surface area (Å²) < 4.78 is 4.91. The van der Waals surface area contributed by atoms with Crippen LogP contribution in [-0.4, -0.2) is 12.6 Å². The fourth-order valence-electron chi connectivity index (χ4n) is 1.89. The van der Waals surface area contributed by atoms with Crippen molar-refractivity contribution in [1.82, 2.24) is 0 Å². The first kappa shape index (κ1) is 17.7. The molecule has 3 nitrogen and oxygen atoms in total. The van der Waals surface area contributed by atoms with Crippen LogP contribution in [0.4, 0.5) is 0 Å². The number of ether oxygens (including phenoxy) is 1. The molecule has 0 unspecified atom stereocenters. The second-order valence-electron chi connectivity index (χ2n) is 4.91. The molecule has 0 atom stereocenters. The van der Waals surface area contributed by atoms with Gasteiger partial charge in [0.05, 0.1) is 6.61 Å². The molecule has 0 bridgehead atoms. The van der Waals surface area contributed by atoms with Crippen molar-refractivity contribution in [3.63, 3.8) is 0 Å². The predicted octanol–water partition coefficient (Wildman–Crippen LogP) is 4.53. The van der Waals surface area contributed by atoms with Crippen LogP contribution >= 0.6 is 0 Å². The SMILES string of the molecule is C=C(C#N)C(=O)OCCCCCCCCCCCC. The Morgan fingerprint density at radius 2 is 1.47 bits per heavy atom. The van der Waals surface area contributed by atoms with Gasteiger partial charge in [-0.05, 0) is 6.42 Å². The summed E-state index contributed by atoms with van der Waals surface area (Å²) >= 11 is 0. The highest BCUT2D eigenvalue weighted by Gasteiger charge is 2.06. The molecule has 0 saturated heterocycles. The number of nitriles is 1. The third-order valence-electron chi connectivity index (χ3n) is 3.11. The average molecular weight is 265 g/mol. The minimum Gasteiger partial charge on any atom is -0.462 e. The average Bonchev–Trinajstić information content (AvgIpc) is 2.43. The van der Waals surface area contributed by atoms with E-state index in [2.05, 4.69) is 13.5 Å². The third kappa shape index (κ3) is 11.5. The van der Waals surface area contributed by atoms with Gasteiger partial charge in [0, 0.05) is 0 Å². The molecule has 0 rings (SSSR count). The van der Waals surface area contributed by atoms with Gasteiger partial charge in [0.15, 0.2) is 0 Å². The summed E-state index contributed by atoms with van der Waals surface area (Å²) in [5.74, 6) is -0.585. The van der Waals surface area contributed by atoms with Crippen molar-refractivity contribution in [2.75, 3.05) is 6.61 Å². The second kappa shape index (κ2) is 13.1. The molecular weight excluding hydrogens is 238 g/mol. The maximum atomic E-state index is 11.1. The topological polar surface area (TPSA) is 50.1 Å². The van der Waals surface area contributed by atoms with Crippen LogP contribution in [0.2, 0.25) is 0 Å². The molecule has 0 aromatic carbocycles. The van der Waals surface area contributed by atoms with Crippen molar-refractivity contribution in [3.05, 3.63) is 12.2 Å².